The van der Waals surface area contributed by atoms with Gasteiger partial charge in [-0.05, 0) is 39.0 Å². The topological polar surface area (TPSA) is 47.0 Å². The maximum Gasteiger partial charge on any atom is 0.135 e. The Morgan fingerprint density at radius 1 is 1.19 bits per heavy atom. The van der Waals surface area contributed by atoms with Crippen LogP contribution in [0.15, 0.2) is 5.03 Å². The van der Waals surface area contributed by atoms with Gasteiger partial charge < -0.3 is 10.1 Å². The van der Waals surface area contributed by atoms with Gasteiger partial charge in [0, 0.05) is 36.5 Å². The van der Waals surface area contributed by atoms with Crippen molar-refractivity contribution in [2.45, 2.75) is 62.1 Å². The second-order valence-electron chi connectivity index (χ2n) is 5.99. The Morgan fingerprint density at radius 2 is 1.95 bits per heavy atom. The van der Waals surface area contributed by atoms with E-state index in [9.17, 15) is 0 Å². The normalized spacial score (nSPS) is 19.7. The summed E-state index contributed by atoms with van der Waals surface area (Å²) in [5.41, 5.74) is 1.21. The van der Waals surface area contributed by atoms with Gasteiger partial charge in [0.25, 0.3) is 0 Å². The van der Waals surface area contributed by atoms with Gasteiger partial charge in [-0.2, -0.15) is 0 Å². The first kappa shape index (κ1) is 15.1. The van der Waals surface area contributed by atoms with E-state index >= 15 is 0 Å². The van der Waals surface area contributed by atoms with Gasteiger partial charge >= 0.3 is 0 Å². The van der Waals surface area contributed by atoms with E-state index in [1.807, 2.05) is 11.8 Å². The molecule has 1 aliphatic carbocycles. The lowest BCUT2D eigenvalue weighted by Crippen LogP contribution is -2.18. The van der Waals surface area contributed by atoms with E-state index in [2.05, 4.69) is 19.2 Å². The predicted octanol–water partition coefficient (Wildman–Crippen LogP) is 3.76. The summed E-state index contributed by atoms with van der Waals surface area (Å²) < 4.78 is 5.46. The fourth-order valence-electron chi connectivity index (χ4n) is 2.52. The number of nitrogens with zero attached hydrogens (tertiary/aromatic N) is 2. The van der Waals surface area contributed by atoms with Crippen LogP contribution in [0.5, 0.6) is 0 Å². The molecular weight excluding hydrogens is 282 g/mol. The summed E-state index contributed by atoms with van der Waals surface area (Å²) in [6.07, 6.45) is 5.87. The monoisotopic (exact) mass is 307 g/mol. The molecule has 1 aromatic rings. The summed E-state index contributed by atoms with van der Waals surface area (Å²) in [4.78, 5) is 9.63. The van der Waals surface area contributed by atoms with Crippen LogP contribution in [-0.2, 0) is 4.74 Å². The molecule has 0 bridgehead atoms. The van der Waals surface area contributed by atoms with Crippen molar-refractivity contribution in [2.24, 2.45) is 0 Å². The van der Waals surface area contributed by atoms with Crippen molar-refractivity contribution in [2.75, 3.05) is 25.1 Å². The molecule has 2 heterocycles. The van der Waals surface area contributed by atoms with Gasteiger partial charge in [0.05, 0.1) is 0 Å². The van der Waals surface area contributed by atoms with Crippen molar-refractivity contribution in [3.63, 3.8) is 0 Å². The Labute approximate surface area is 131 Å². The molecule has 4 nitrogen and oxygen atoms in total. The molecule has 0 radical (unpaired) electrons. The first-order valence-corrected chi connectivity index (χ1v) is 9.02. The lowest BCUT2D eigenvalue weighted by molar-refractivity contribution is 0.1000. The van der Waals surface area contributed by atoms with Crippen LogP contribution in [0.1, 0.15) is 56.3 Å². The minimum atomic E-state index is 0.599. The predicted molar refractivity (Wildman–Crippen MR) is 87.2 cm³/mol. The summed E-state index contributed by atoms with van der Waals surface area (Å²) in [6, 6.07) is 0. The maximum absolute atomic E-state index is 5.46. The largest absolute Gasteiger partial charge is 0.381 e. The Balaban J connectivity index is 1.80. The van der Waals surface area contributed by atoms with E-state index in [1.165, 1.54) is 23.4 Å². The standard InChI is InChI=1S/C16H25N3OS/c1-3-8-17-14-11(2)16(19-15(18-14)12-4-5-12)21-13-6-9-20-10-7-13/h12-13H,3-10H2,1-2H3,(H,17,18,19). The van der Waals surface area contributed by atoms with Crippen LogP contribution >= 0.6 is 11.8 Å². The lowest BCUT2D eigenvalue weighted by Gasteiger charge is -2.22. The van der Waals surface area contributed by atoms with Crippen molar-refractivity contribution in [3.8, 4) is 0 Å². The second-order valence-corrected chi connectivity index (χ2v) is 7.28. The molecule has 21 heavy (non-hydrogen) atoms. The first-order chi connectivity index (χ1) is 10.3. The molecule has 3 rings (SSSR count). The van der Waals surface area contributed by atoms with Gasteiger partial charge in [-0.15, -0.1) is 11.8 Å². The van der Waals surface area contributed by atoms with Gasteiger partial charge in [-0.3, -0.25) is 0 Å². The summed E-state index contributed by atoms with van der Waals surface area (Å²) >= 11 is 1.93. The van der Waals surface area contributed by atoms with Crippen molar-refractivity contribution in [1.29, 1.82) is 0 Å². The van der Waals surface area contributed by atoms with Crippen LogP contribution in [0.3, 0.4) is 0 Å². The molecule has 0 aromatic carbocycles. The van der Waals surface area contributed by atoms with Crippen LogP contribution in [0.2, 0.25) is 0 Å². The minimum Gasteiger partial charge on any atom is -0.381 e. The molecular formula is C16H25N3OS. The van der Waals surface area contributed by atoms with E-state index in [0.717, 1.165) is 50.7 Å². The average molecular weight is 307 g/mol. The molecule has 0 amide bonds. The highest BCUT2D eigenvalue weighted by Gasteiger charge is 2.29. The fourth-order valence-corrected chi connectivity index (χ4v) is 3.68. The molecule has 1 N–H and O–H groups in total. The third kappa shape index (κ3) is 3.89. The summed E-state index contributed by atoms with van der Waals surface area (Å²) in [5.74, 6) is 2.69. The van der Waals surface area contributed by atoms with E-state index in [0.29, 0.717) is 11.2 Å². The Morgan fingerprint density at radius 3 is 2.62 bits per heavy atom. The van der Waals surface area contributed by atoms with Gasteiger partial charge in [0.2, 0.25) is 0 Å². The number of ether oxygens (including phenoxy) is 1. The van der Waals surface area contributed by atoms with Gasteiger partial charge in [-0.1, -0.05) is 6.92 Å². The van der Waals surface area contributed by atoms with Crippen molar-refractivity contribution >= 4 is 17.6 Å². The van der Waals surface area contributed by atoms with Gasteiger partial charge in [-0.25, -0.2) is 9.97 Å². The highest BCUT2D eigenvalue weighted by molar-refractivity contribution is 7.99. The zero-order valence-electron chi connectivity index (χ0n) is 13.0. The van der Waals surface area contributed by atoms with E-state index < -0.39 is 0 Å². The molecule has 1 aliphatic heterocycles. The van der Waals surface area contributed by atoms with Crippen LogP contribution in [0, 0.1) is 6.92 Å². The number of nitrogens with one attached hydrogen (secondary N) is 1. The number of rotatable bonds is 6. The molecule has 1 saturated carbocycles. The minimum absolute atomic E-state index is 0.599. The summed E-state index contributed by atoms with van der Waals surface area (Å²) in [5, 5.41) is 5.29. The average Bonchev–Trinajstić information content (AvgIpc) is 3.34. The molecule has 0 unspecified atom stereocenters. The smallest absolute Gasteiger partial charge is 0.135 e. The SMILES string of the molecule is CCCNc1nc(C2CC2)nc(SC2CCOCC2)c1C. The quantitative estimate of drug-likeness (QED) is 0.811. The van der Waals surface area contributed by atoms with E-state index in [1.54, 1.807) is 0 Å². The zero-order chi connectivity index (χ0) is 14.7. The highest BCUT2D eigenvalue weighted by atomic mass is 32.2. The molecule has 0 spiro atoms. The third-order valence-electron chi connectivity index (χ3n) is 4.05. The lowest BCUT2D eigenvalue weighted by atomic mass is 10.2. The van der Waals surface area contributed by atoms with Crippen molar-refractivity contribution in [3.05, 3.63) is 11.4 Å². The van der Waals surface area contributed by atoms with Crippen LogP contribution in [0.25, 0.3) is 0 Å². The number of hydrogen-bond donors (Lipinski definition) is 1. The Hall–Kier alpha value is -0.810. The molecule has 0 atom stereocenters. The molecule has 2 aliphatic rings. The van der Waals surface area contributed by atoms with Crippen molar-refractivity contribution in [1.82, 2.24) is 9.97 Å². The Bertz CT molecular complexity index is 485. The van der Waals surface area contributed by atoms with Gasteiger partial charge in [0.1, 0.15) is 16.7 Å². The molecule has 1 saturated heterocycles. The first-order valence-electron chi connectivity index (χ1n) is 8.14. The van der Waals surface area contributed by atoms with Crippen LogP contribution < -0.4 is 5.32 Å². The summed E-state index contributed by atoms with van der Waals surface area (Å²) in [7, 11) is 0. The molecule has 2 fully saturated rings. The van der Waals surface area contributed by atoms with E-state index in [-0.39, 0.29) is 0 Å². The van der Waals surface area contributed by atoms with Crippen LogP contribution in [-0.4, -0.2) is 35.0 Å². The number of hydrogen-bond acceptors (Lipinski definition) is 5. The molecule has 1 aromatic heterocycles. The maximum atomic E-state index is 5.46. The van der Waals surface area contributed by atoms with Crippen LogP contribution in [0.4, 0.5) is 5.82 Å². The van der Waals surface area contributed by atoms with Gasteiger partial charge in [0.15, 0.2) is 0 Å². The summed E-state index contributed by atoms with van der Waals surface area (Å²) in [6.45, 7) is 7.08. The Kier molecular flexibility index (Phi) is 5.01. The van der Waals surface area contributed by atoms with E-state index in [4.69, 9.17) is 14.7 Å². The second kappa shape index (κ2) is 6.97. The van der Waals surface area contributed by atoms with Crippen molar-refractivity contribution < 1.29 is 4.74 Å². The molecule has 5 heteroatoms. The third-order valence-corrected chi connectivity index (χ3v) is 5.48. The number of aromatic nitrogens is 2. The zero-order valence-corrected chi connectivity index (χ0v) is 13.8. The number of anilines is 1. The number of thioether (sulfide) groups is 1. The fraction of sp³-hybridized carbons (Fsp3) is 0.750. The highest BCUT2D eigenvalue weighted by Crippen LogP contribution is 2.41. The molecule has 116 valence electrons.